The number of carbonyl (C=O) groups excluding carboxylic acids is 1. The first-order valence-corrected chi connectivity index (χ1v) is 4.47. The van der Waals surface area contributed by atoms with E-state index in [1.807, 2.05) is 0 Å². The van der Waals surface area contributed by atoms with Gasteiger partial charge >= 0.3 is 5.97 Å². The maximum absolute atomic E-state index is 11.4. The van der Waals surface area contributed by atoms with Gasteiger partial charge in [-0.25, -0.2) is 0 Å². The maximum atomic E-state index is 11.4. The lowest BCUT2D eigenvalue weighted by Crippen LogP contribution is -2.22. The molecule has 0 N–H and O–H groups in total. The van der Waals surface area contributed by atoms with Crippen molar-refractivity contribution < 1.29 is 15.0 Å². The number of ether oxygens (including phenoxy) is 1. The summed E-state index contributed by atoms with van der Waals surface area (Å²) in [6, 6.07) is 0. The summed E-state index contributed by atoms with van der Waals surface area (Å²) < 4.78 is 34.7. The molecule has 0 radical (unpaired) electrons. The van der Waals surface area contributed by atoms with Gasteiger partial charge in [0, 0.05) is 5.48 Å². The Hall–Kier alpha value is -0.530. The van der Waals surface area contributed by atoms with E-state index in [-0.39, 0.29) is 24.7 Å². The van der Waals surface area contributed by atoms with Crippen molar-refractivity contribution in [2.45, 2.75) is 39.5 Å². The van der Waals surface area contributed by atoms with Crippen molar-refractivity contribution in [2.75, 3.05) is 6.61 Å². The topological polar surface area (TPSA) is 26.3 Å². The largest absolute Gasteiger partial charge is 0.466 e. The predicted molar refractivity (Wildman–Crippen MR) is 47.8 cm³/mol. The predicted octanol–water partition coefficient (Wildman–Crippen LogP) is 2.38. The fourth-order valence-electron chi connectivity index (χ4n) is 1.46. The van der Waals surface area contributed by atoms with Crippen LogP contribution in [0.4, 0.5) is 0 Å². The molecule has 2 nitrogen and oxygen atoms in total. The first kappa shape index (κ1) is 5.25. The Morgan fingerprint density at radius 3 is 2.75 bits per heavy atom. The van der Waals surface area contributed by atoms with Gasteiger partial charge < -0.3 is 4.74 Å². The molecule has 1 aliphatic rings. The second kappa shape index (κ2) is 4.48. The van der Waals surface area contributed by atoms with E-state index in [1.54, 1.807) is 6.92 Å². The lowest BCUT2D eigenvalue weighted by atomic mass is 9.83. The minimum absolute atomic E-state index is 0.222. The highest BCUT2D eigenvalue weighted by atomic mass is 16.5. The normalized spacial score (nSPS) is 41.9. The van der Waals surface area contributed by atoms with Gasteiger partial charge in [0.2, 0.25) is 0 Å². The van der Waals surface area contributed by atoms with Crippen molar-refractivity contribution in [3.63, 3.8) is 0 Å². The standard InChI is InChI=1S/C10H18O2/c1-3-12-10(11)9-6-4-8(2)5-7-9/h8-9H,3-7H2,1-2H3/i2D3,8D. The molecule has 2 heteroatoms. The van der Waals surface area contributed by atoms with Crippen LogP contribution < -0.4 is 0 Å². The minimum Gasteiger partial charge on any atom is -0.466 e. The molecular formula is C10H18O2. The highest BCUT2D eigenvalue weighted by molar-refractivity contribution is 5.72. The van der Waals surface area contributed by atoms with Crippen molar-refractivity contribution in [2.24, 2.45) is 11.8 Å². The summed E-state index contributed by atoms with van der Waals surface area (Å²) in [6.45, 7) is -0.162. The van der Waals surface area contributed by atoms with Crippen LogP contribution in [0.1, 0.15) is 44.9 Å². The van der Waals surface area contributed by atoms with Crippen LogP contribution in [0.3, 0.4) is 0 Å². The quantitative estimate of drug-likeness (QED) is 0.601. The zero-order valence-corrected chi connectivity index (χ0v) is 7.43. The van der Waals surface area contributed by atoms with Crippen molar-refractivity contribution in [1.29, 1.82) is 0 Å². The molecule has 0 aromatic carbocycles. The van der Waals surface area contributed by atoms with E-state index >= 15 is 0 Å². The Labute approximate surface area is 79.9 Å². The molecular weight excluding hydrogens is 152 g/mol. The third-order valence-electron chi connectivity index (χ3n) is 2.21. The van der Waals surface area contributed by atoms with Gasteiger partial charge in [0.05, 0.1) is 12.5 Å². The highest BCUT2D eigenvalue weighted by Crippen LogP contribution is 2.28. The second-order valence-corrected chi connectivity index (χ2v) is 3.13. The lowest BCUT2D eigenvalue weighted by Gasteiger charge is -2.24. The molecule has 1 saturated carbocycles. The fourth-order valence-corrected chi connectivity index (χ4v) is 1.46. The van der Waals surface area contributed by atoms with Gasteiger partial charge in [-0.15, -0.1) is 0 Å². The van der Waals surface area contributed by atoms with Crippen molar-refractivity contribution in [3.05, 3.63) is 0 Å². The molecule has 0 bridgehead atoms. The van der Waals surface area contributed by atoms with Crippen molar-refractivity contribution >= 4 is 5.97 Å². The Morgan fingerprint density at radius 1 is 1.58 bits per heavy atom. The van der Waals surface area contributed by atoms with E-state index in [1.165, 1.54) is 0 Å². The average molecular weight is 174 g/mol. The van der Waals surface area contributed by atoms with Gasteiger partial charge in [0.25, 0.3) is 0 Å². The molecule has 70 valence electrons. The molecule has 0 spiro atoms. The van der Waals surface area contributed by atoms with Crippen LogP contribution in [-0.2, 0) is 9.53 Å². The molecule has 0 heterocycles. The molecule has 0 unspecified atom stereocenters. The molecule has 1 rings (SSSR count). The van der Waals surface area contributed by atoms with Gasteiger partial charge in [-0.2, -0.15) is 0 Å². The molecule has 1 fully saturated rings. The summed E-state index contributed by atoms with van der Waals surface area (Å²) in [5, 5.41) is 0. The zero-order valence-electron chi connectivity index (χ0n) is 11.4. The minimum atomic E-state index is -2.26. The number of esters is 1. The van der Waals surface area contributed by atoms with Crippen molar-refractivity contribution in [3.8, 4) is 0 Å². The third kappa shape index (κ3) is 2.50. The molecule has 0 amide bonds. The monoisotopic (exact) mass is 174 g/mol. The number of hydrogen-bond donors (Lipinski definition) is 0. The van der Waals surface area contributed by atoms with Crippen LogP contribution in [0, 0.1) is 11.8 Å². The van der Waals surface area contributed by atoms with Crippen LogP contribution in [0.2, 0.25) is 0 Å². The van der Waals surface area contributed by atoms with Gasteiger partial charge in [-0.3, -0.25) is 4.79 Å². The molecule has 0 aromatic rings. The summed E-state index contributed by atoms with van der Waals surface area (Å²) in [5.41, 5.74) is 0. The first-order chi connectivity index (χ1) is 7.30. The lowest BCUT2D eigenvalue weighted by molar-refractivity contribution is -0.149. The first-order valence-electron chi connectivity index (χ1n) is 6.47. The van der Waals surface area contributed by atoms with Crippen LogP contribution >= 0.6 is 0 Å². The Bertz CT molecular complexity index is 254. The van der Waals surface area contributed by atoms with E-state index in [0.29, 0.717) is 19.4 Å². The fraction of sp³-hybridized carbons (Fsp3) is 0.900. The highest BCUT2D eigenvalue weighted by Gasteiger charge is 2.24. The van der Waals surface area contributed by atoms with Crippen LogP contribution in [0.5, 0.6) is 0 Å². The van der Waals surface area contributed by atoms with Crippen LogP contribution in [0.15, 0.2) is 0 Å². The van der Waals surface area contributed by atoms with E-state index in [0.717, 1.165) is 0 Å². The molecule has 0 aliphatic heterocycles. The average Bonchev–Trinajstić information content (AvgIpc) is 2.17. The SMILES string of the molecule is [2H]C([2H])([2H])C1([2H])CCC(C(=O)OCC)CC1. The Balaban J connectivity index is 2.54. The molecule has 0 saturated heterocycles. The summed E-state index contributed by atoms with van der Waals surface area (Å²) in [7, 11) is 0. The van der Waals surface area contributed by atoms with E-state index in [4.69, 9.17) is 10.2 Å². The Kier molecular flexibility index (Phi) is 1.96. The van der Waals surface area contributed by atoms with Gasteiger partial charge in [0.1, 0.15) is 0 Å². The third-order valence-corrected chi connectivity index (χ3v) is 2.21. The van der Waals surface area contributed by atoms with Crippen LogP contribution in [0.25, 0.3) is 0 Å². The molecule has 0 atom stereocenters. The number of carbonyl (C=O) groups is 1. The van der Waals surface area contributed by atoms with Crippen molar-refractivity contribution in [1.82, 2.24) is 0 Å². The van der Waals surface area contributed by atoms with E-state index in [2.05, 4.69) is 0 Å². The maximum Gasteiger partial charge on any atom is 0.308 e. The Morgan fingerprint density at radius 2 is 2.25 bits per heavy atom. The van der Waals surface area contributed by atoms with E-state index < -0.39 is 12.7 Å². The molecule has 12 heavy (non-hydrogen) atoms. The van der Waals surface area contributed by atoms with Gasteiger partial charge in [0.15, 0.2) is 0 Å². The van der Waals surface area contributed by atoms with Crippen LogP contribution in [-0.4, -0.2) is 12.6 Å². The summed E-state index contributed by atoms with van der Waals surface area (Å²) in [5.74, 6) is -1.86. The zero-order chi connectivity index (χ0) is 12.4. The second-order valence-electron chi connectivity index (χ2n) is 3.13. The number of rotatable bonds is 2. The molecule has 1 aliphatic carbocycles. The molecule has 0 aromatic heterocycles. The van der Waals surface area contributed by atoms with Gasteiger partial charge in [-0.1, -0.05) is 6.85 Å². The number of hydrogen-bond acceptors (Lipinski definition) is 2. The van der Waals surface area contributed by atoms with E-state index in [9.17, 15) is 4.79 Å². The smallest absolute Gasteiger partial charge is 0.308 e. The summed E-state index contributed by atoms with van der Waals surface area (Å²) in [4.78, 5) is 11.4. The summed E-state index contributed by atoms with van der Waals surface area (Å²) in [6.07, 6.45) is 1.38. The summed E-state index contributed by atoms with van der Waals surface area (Å²) >= 11 is 0. The van der Waals surface area contributed by atoms with Gasteiger partial charge in [-0.05, 0) is 38.5 Å².